The van der Waals surface area contributed by atoms with Crippen LogP contribution in [0.1, 0.15) is 0 Å². The Balaban J connectivity index is 2.36. The molecule has 0 fully saturated rings. The first-order valence-corrected chi connectivity index (χ1v) is 6.74. The predicted octanol–water partition coefficient (Wildman–Crippen LogP) is 4.06. The number of fused-ring (bicyclic) bond motifs is 1. The van der Waals surface area contributed by atoms with Crippen LogP contribution in [-0.2, 0) is 0 Å². The van der Waals surface area contributed by atoms with Crippen molar-refractivity contribution in [2.24, 2.45) is 0 Å². The summed E-state index contributed by atoms with van der Waals surface area (Å²) in [7, 11) is 1.39. The van der Waals surface area contributed by atoms with E-state index >= 15 is 0 Å². The summed E-state index contributed by atoms with van der Waals surface area (Å²) in [4.78, 5) is 4.14. The molecular weight excluding hydrogens is 316 g/mol. The highest BCUT2D eigenvalue weighted by molar-refractivity contribution is 6.43. The maximum absolute atomic E-state index is 13.7. The van der Waals surface area contributed by atoms with Gasteiger partial charge in [-0.05, 0) is 12.1 Å². The fourth-order valence-electron chi connectivity index (χ4n) is 2.17. The molecule has 2 aromatic carbocycles. The van der Waals surface area contributed by atoms with Gasteiger partial charge in [-0.25, -0.2) is 9.37 Å². The number of ether oxygens (including phenoxy) is 1. The minimum absolute atomic E-state index is 0.0989. The maximum atomic E-state index is 13.7. The monoisotopic (exact) mass is 325 g/mol. The summed E-state index contributed by atoms with van der Waals surface area (Å²) < 4.78 is 20.3. The summed E-state index contributed by atoms with van der Waals surface area (Å²) in [6.45, 7) is 0. The average Bonchev–Trinajstić information content (AvgIpc) is 2.76. The van der Waals surface area contributed by atoms with Gasteiger partial charge >= 0.3 is 0 Å². The molecular formula is C14H10Cl2FN3O. The lowest BCUT2D eigenvalue weighted by molar-refractivity contribution is 0.387. The normalized spacial score (nSPS) is 11.0. The molecule has 0 aliphatic carbocycles. The van der Waals surface area contributed by atoms with Crippen LogP contribution in [0.25, 0.3) is 16.7 Å². The van der Waals surface area contributed by atoms with E-state index in [4.69, 9.17) is 33.7 Å². The molecule has 4 nitrogen and oxygen atoms in total. The van der Waals surface area contributed by atoms with Crippen LogP contribution in [0.5, 0.6) is 5.75 Å². The highest BCUT2D eigenvalue weighted by Gasteiger charge is 2.17. The van der Waals surface area contributed by atoms with Gasteiger partial charge in [0.2, 0.25) is 5.95 Å². The second kappa shape index (κ2) is 5.09. The summed E-state index contributed by atoms with van der Waals surface area (Å²) >= 11 is 12.2. The van der Waals surface area contributed by atoms with E-state index in [-0.39, 0.29) is 11.7 Å². The molecule has 0 unspecified atom stereocenters. The van der Waals surface area contributed by atoms with Crippen molar-refractivity contribution in [2.45, 2.75) is 0 Å². The lowest BCUT2D eigenvalue weighted by Crippen LogP contribution is -2.01. The van der Waals surface area contributed by atoms with Crippen molar-refractivity contribution < 1.29 is 9.13 Å². The van der Waals surface area contributed by atoms with Crippen molar-refractivity contribution in [2.75, 3.05) is 12.8 Å². The fraction of sp³-hybridized carbons (Fsp3) is 0.0714. The summed E-state index contributed by atoms with van der Waals surface area (Å²) in [5.41, 5.74) is 7.48. The standard InChI is InChI=1S/C14H10Cl2FN3O/c1-21-12-6-11-9(5-8(12)17)19-14(18)20(11)10-4-2-3-7(15)13(10)16/h2-6H,1H3,(H2,18,19). The molecule has 108 valence electrons. The molecule has 0 spiro atoms. The van der Waals surface area contributed by atoms with Crippen LogP contribution in [-0.4, -0.2) is 16.7 Å². The van der Waals surface area contributed by atoms with Crippen LogP contribution in [0, 0.1) is 5.82 Å². The first-order valence-electron chi connectivity index (χ1n) is 5.98. The van der Waals surface area contributed by atoms with Crippen molar-refractivity contribution in [3.63, 3.8) is 0 Å². The number of rotatable bonds is 2. The molecule has 0 aliphatic rings. The molecule has 0 saturated carbocycles. The van der Waals surface area contributed by atoms with Crippen molar-refractivity contribution in [3.8, 4) is 11.4 Å². The van der Waals surface area contributed by atoms with Gasteiger partial charge in [-0.15, -0.1) is 0 Å². The Labute approximate surface area is 129 Å². The molecule has 0 atom stereocenters. The molecule has 7 heteroatoms. The third-order valence-electron chi connectivity index (χ3n) is 3.13. The van der Waals surface area contributed by atoms with Gasteiger partial charge < -0.3 is 10.5 Å². The van der Waals surface area contributed by atoms with E-state index in [0.29, 0.717) is 26.8 Å². The van der Waals surface area contributed by atoms with Gasteiger partial charge in [0.25, 0.3) is 0 Å². The first-order chi connectivity index (χ1) is 10.0. The van der Waals surface area contributed by atoms with Gasteiger partial charge in [0.05, 0.1) is 33.9 Å². The number of aromatic nitrogens is 2. The van der Waals surface area contributed by atoms with Gasteiger partial charge in [-0.1, -0.05) is 29.3 Å². The molecule has 21 heavy (non-hydrogen) atoms. The zero-order valence-corrected chi connectivity index (χ0v) is 12.4. The number of benzene rings is 2. The molecule has 2 N–H and O–H groups in total. The number of halogens is 3. The van der Waals surface area contributed by atoms with E-state index < -0.39 is 5.82 Å². The Kier molecular flexibility index (Phi) is 3.39. The molecule has 3 rings (SSSR count). The third kappa shape index (κ3) is 2.18. The molecule has 1 aromatic heterocycles. The lowest BCUT2D eigenvalue weighted by Gasteiger charge is -2.10. The first kappa shape index (κ1) is 14.0. The predicted molar refractivity (Wildman–Crippen MR) is 82.0 cm³/mol. The van der Waals surface area contributed by atoms with Gasteiger partial charge in [0.15, 0.2) is 11.6 Å². The zero-order chi connectivity index (χ0) is 15.1. The van der Waals surface area contributed by atoms with Crippen molar-refractivity contribution in [3.05, 3.63) is 46.2 Å². The summed E-state index contributed by atoms with van der Waals surface area (Å²) in [5, 5.41) is 0.734. The second-order valence-corrected chi connectivity index (χ2v) is 5.14. The van der Waals surface area contributed by atoms with Crippen LogP contribution in [0.3, 0.4) is 0 Å². The van der Waals surface area contributed by atoms with Crippen molar-refractivity contribution in [1.29, 1.82) is 0 Å². The van der Waals surface area contributed by atoms with E-state index in [1.54, 1.807) is 22.8 Å². The molecule has 1 heterocycles. The largest absolute Gasteiger partial charge is 0.494 e. The Hall–Kier alpha value is -1.98. The third-order valence-corrected chi connectivity index (χ3v) is 3.94. The number of imidazole rings is 1. The minimum Gasteiger partial charge on any atom is -0.494 e. The minimum atomic E-state index is -0.508. The van der Waals surface area contributed by atoms with Crippen LogP contribution in [0.4, 0.5) is 10.3 Å². The van der Waals surface area contributed by atoms with Crippen molar-refractivity contribution in [1.82, 2.24) is 9.55 Å². The van der Waals surface area contributed by atoms with E-state index in [1.165, 1.54) is 19.2 Å². The average molecular weight is 326 g/mol. The molecule has 3 aromatic rings. The van der Waals surface area contributed by atoms with Crippen molar-refractivity contribution >= 4 is 40.2 Å². The van der Waals surface area contributed by atoms with Crippen LogP contribution in [0.2, 0.25) is 10.0 Å². The highest BCUT2D eigenvalue weighted by Crippen LogP contribution is 2.34. The number of nitrogens with two attached hydrogens (primary N) is 1. The number of methoxy groups -OCH3 is 1. The molecule has 0 aliphatic heterocycles. The number of nitrogens with zero attached hydrogens (tertiary/aromatic N) is 2. The van der Waals surface area contributed by atoms with Crippen LogP contribution in [0.15, 0.2) is 30.3 Å². The maximum Gasteiger partial charge on any atom is 0.205 e. The summed E-state index contributed by atoms with van der Waals surface area (Å²) in [6.07, 6.45) is 0. The topological polar surface area (TPSA) is 53.1 Å². The number of hydrogen-bond acceptors (Lipinski definition) is 3. The molecule has 0 bridgehead atoms. The van der Waals surface area contributed by atoms with E-state index in [1.807, 2.05) is 0 Å². The SMILES string of the molecule is COc1cc2c(cc1F)nc(N)n2-c1cccc(Cl)c1Cl. The summed E-state index contributed by atoms with van der Waals surface area (Å²) in [5.74, 6) is -0.226. The van der Waals surface area contributed by atoms with E-state index in [9.17, 15) is 4.39 Å². The van der Waals surface area contributed by atoms with Crippen LogP contribution < -0.4 is 10.5 Å². The Morgan fingerprint density at radius 2 is 2.05 bits per heavy atom. The quantitative estimate of drug-likeness (QED) is 0.772. The molecule has 0 radical (unpaired) electrons. The van der Waals surface area contributed by atoms with Gasteiger partial charge in [0.1, 0.15) is 0 Å². The van der Waals surface area contributed by atoms with Gasteiger partial charge in [-0.3, -0.25) is 4.57 Å². The molecule has 0 saturated heterocycles. The lowest BCUT2D eigenvalue weighted by atomic mass is 10.2. The Morgan fingerprint density at radius 3 is 2.76 bits per heavy atom. The van der Waals surface area contributed by atoms with E-state index in [0.717, 1.165) is 0 Å². The van der Waals surface area contributed by atoms with Gasteiger partial charge in [-0.2, -0.15) is 0 Å². The number of nitrogen functional groups attached to an aromatic ring is 1. The second-order valence-electron chi connectivity index (χ2n) is 4.35. The smallest absolute Gasteiger partial charge is 0.205 e. The Morgan fingerprint density at radius 1 is 1.29 bits per heavy atom. The zero-order valence-electron chi connectivity index (χ0n) is 10.9. The molecule has 0 amide bonds. The summed E-state index contributed by atoms with van der Waals surface area (Å²) in [6, 6.07) is 7.95. The number of hydrogen-bond donors (Lipinski definition) is 1. The highest BCUT2D eigenvalue weighted by atomic mass is 35.5. The Bertz CT molecular complexity index is 848. The fourth-order valence-corrected chi connectivity index (χ4v) is 2.55. The van der Waals surface area contributed by atoms with Crippen LogP contribution >= 0.6 is 23.2 Å². The number of anilines is 1. The van der Waals surface area contributed by atoms with Gasteiger partial charge in [0, 0.05) is 12.1 Å². The van der Waals surface area contributed by atoms with E-state index in [2.05, 4.69) is 4.98 Å².